The Hall–Kier alpha value is -2.05. The molecule has 1 unspecified atom stereocenters. The summed E-state index contributed by atoms with van der Waals surface area (Å²) >= 11 is 0. The Morgan fingerprint density at radius 1 is 1.52 bits per heavy atom. The van der Waals surface area contributed by atoms with E-state index in [2.05, 4.69) is 0 Å². The van der Waals surface area contributed by atoms with Crippen molar-refractivity contribution in [1.82, 2.24) is 4.31 Å². The molecule has 0 bridgehead atoms. The second-order valence-corrected chi connectivity index (χ2v) is 6.24. The van der Waals surface area contributed by atoms with Gasteiger partial charge in [0.05, 0.1) is 16.9 Å². The van der Waals surface area contributed by atoms with Crippen LogP contribution in [-0.2, 0) is 10.0 Å². The zero-order chi connectivity index (χ0) is 16.2. The van der Waals surface area contributed by atoms with Crippen molar-refractivity contribution < 1.29 is 17.7 Å². The lowest BCUT2D eigenvalue weighted by Crippen LogP contribution is -2.34. The molecule has 0 heterocycles. The maximum atomic E-state index is 13.6. The molecule has 0 aliphatic carbocycles. The average Bonchev–Trinajstić information content (AvgIpc) is 2.43. The molecular formula is C12H14FN3O4S. The number of rotatable bonds is 6. The summed E-state index contributed by atoms with van der Waals surface area (Å²) < 4.78 is 39.3. The van der Waals surface area contributed by atoms with Gasteiger partial charge in [0.2, 0.25) is 15.8 Å². The lowest BCUT2D eigenvalue weighted by Gasteiger charge is -2.21. The Morgan fingerprint density at radius 3 is 2.62 bits per heavy atom. The molecule has 0 spiro atoms. The molecule has 1 atom stereocenters. The van der Waals surface area contributed by atoms with Gasteiger partial charge in [0, 0.05) is 13.1 Å². The molecule has 0 fully saturated rings. The number of para-hydroxylation sites is 1. The summed E-state index contributed by atoms with van der Waals surface area (Å²) in [6.07, 6.45) is 0. The first-order valence-electron chi connectivity index (χ1n) is 6.08. The monoisotopic (exact) mass is 315 g/mol. The van der Waals surface area contributed by atoms with Crippen molar-refractivity contribution >= 4 is 15.7 Å². The van der Waals surface area contributed by atoms with E-state index in [0.717, 1.165) is 22.5 Å². The van der Waals surface area contributed by atoms with Crippen LogP contribution in [0.25, 0.3) is 0 Å². The third-order valence-electron chi connectivity index (χ3n) is 2.80. The summed E-state index contributed by atoms with van der Waals surface area (Å²) in [5.41, 5.74) is -1.08. The van der Waals surface area contributed by atoms with E-state index < -0.39 is 37.3 Å². The molecule has 0 amide bonds. The molecule has 21 heavy (non-hydrogen) atoms. The zero-order valence-electron chi connectivity index (χ0n) is 11.5. The Bertz CT molecular complexity index is 684. The zero-order valence-corrected chi connectivity index (χ0v) is 12.3. The predicted molar refractivity (Wildman–Crippen MR) is 72.3 cm³/mol. The van der Waals surface area contributed by atoms with Crippen LogP contribution < -0.4 is 0 Å². The summed E-state index contributed by atoms with van der Waals surface area (Å²) in [5, 5.41) is 19.7. The van der Waals surface area contributed by atoms with Crippen LogP contribution in [0, 0.1) is 33.2 Å². The summed E-state index contributed by atoms with van der Waals surface area (Å²) in [6, 6.07) is 4.79. The lowest BCUT2D eigenvalue weighted by atomic mass is 10.2. The van der Waals surface area contributed by atoms with Crippen LogP contribution in [0.3, 0.4) is 0 Å². The van der Waals surface area contributed by atoms with Crippen LogP contribution in [-0.4, -0.2) is 30.7 Å². The van der Waals surface area contributed by atoms with Gasteiger partial charge in [-0.3, -0.25) is 10.1 Å². The van der Waals surface area contributed by atoms with E-state index in [0.29, 0.717) is 0 Å². The summed E-state index contributed by atoms with van der Waals surface area (Å²) in [4.78, 5) is 9.13. The predicted octanol–water partition coefficient (Wildman–Crippen LogP) is 1.90. The second kappa shape index (κ2) is 6.60. The van der Waals surface area contributed by atoms with Gasteiger partial charge in [-0.05, 0) is 19.1 Å². The van der Waals surface area contributed by atoms with Crippen LogP contribution in [0.1, 0.15) is 13.8 Å². The molecule has 0 aliphatic heterocycles. The number of nitro groups is 1. The summed E-state index contributed by atoms with van der Waals surface area (Å²) in [7, 11) is -4.25. The van der Waals surface area contributed by atoms with E-state index in [1.807, 2.05) is 6.07 Å². The topological polar surface area (TPSA) is 104 Å². The number of nitrogens with zero attached hydrogens (tertiary/aromatic N) is 3. The molecule has 0 radical (unpaired) electrons. The summed E-state index contributed by atoms with van der Waals surface area (Å²) in [6.45, 7) is 2.95. The Balaban J connectivity index is 3.40. The average molecular weight is 315 g/mol. The molecule has 0 saturated heterocycles. The highest BCUT2D eigenvalue weighted by molar-refractivity contribution is 7.89. The molecule has 1 aromatic carbocycles. The number of nitro benzene ring substituents is 1. The highest BCUT2D eigenvalue weighted by Gasteiger charge is 2.33. The van der Waals surface area contributed by atoms with Crippen LogP contribution in [0.15, 0.2) is 23.1 Å². The first-order chi connectivity index (χ1) is 9.75. The Kier molecular flexibility index (Phi) is 5.34. The number of hydrogen-bond acceptors (Lipinski definition) is 5. The highest BCUT2D eigenvalue weighted by Crippen LogP contribution is 2.29. The highest BCUT2D eigenvalue weighted by atomic mass is 32.2. The van der Waals surface area contributed by atoms with Crippen LogP contribution in [0.4, 0.5) is 10.1 Å². The standard InChI is InChI=1S/C12H14FN3O4S/c1-3-15(8-9(2)7-14)21(19,20)11-6-4-5-10(13)12(11)16(17)18/h4-6,9H,3,8H2,1-2H3. The van der Waals surface area contributed by atoms with Gasteiger partial charge in [0.15, 0.2) is 4.90 Å². The molecule has 9 heteroatoms. The third-order valence-corrected chi connectivity index (χ3v) is 4.77. The normalized spacial score (nSPS) is 12.9. The van der Waals surface area contributed by atoms with Gasteiger partial charge in [0.25, 0.3) is 0 Å². The maximum Gasteiger partial charge on any atom is 0.324 e. The molecule has 0 aliphatic rings. The minimum absolute atomic E-state index is 0.0159. The minimum atomic E-state index is -4.25. The van der Waals surface area contributed by atoms with Gasteiger partial charge in [-0.2, -0.15) is 14.0 Å². The number of hydrogen-bond donors (Lipinski definition) is 0. The third kappa shape index (κ3) is 3.53. The van der Waals surface area contributed by atoms with Crippen molar-refractivity contribution in [1.29, 1.82) is 5.26 Å². The number of halogens is 1. The van der Waals surface area contributed by atoms with Crippen molar-refractivity contribution in [2.45, 2.75) is 18.7 Å². The fraction of sp³-hybridized carbons (Fsp3) is 0.417. The van der Waals surface area contributed by atoms with Crippen LogP contribution in [0.2, 0.25) is 0 Å². The van der Waals surface area contributed by atoms with Gasteiger partial charge in [-0.25, -0.2) is 8.42 Å². The van der Waals surface area contributed by atoms with Crippen LogP contribution >= 0.6 is 0 Å². The maximum absolute atomic E-state index is 13.6. The van der Waals surface area contributed by atoms with Crippen molar-refractivity contribution in [3.63, 3.8) is 0 Å². The minimum Gasteiger partial charge on any atom is -0.258 e. The smallest absolute Gasteiger partial charge is 0.258 e. The van der Waals surface area contributed by atoms with Gasteiger partial charge in [-0.15, -0.1) is 0 Å². The molecule has 0 saturated carbocycles. The fourth-order valence-corrected chi connectivity index (χ4v) is 3.47. The summed E-state index contributed by atoms with van der Waals surface area (Å²) in [5.74, 6) is -1.81. The Morgan fingerprint density at radius 2 is 2.14 bits per heavy atom. The Labute approximate surface area is 121 Å². The number of sulfonamides is 1. The first-order valence-corrected chi connectivity index (χ1v) is 7.52. The quantitative estimate of drug-likeness (QED) is 0.589. The number of benzene rings is 1. The molecule has 114 valence electrons. The molecule has 0 N–H and O–H groups in total. The van der Waals surface area contributed by atoms with Crippen LogP contribution in [0.5, 0.6) is 0 Å². The van der Waals surface area contributed by atoms with E-state index >= 15 is 0 Å². The molecule has 1 rings (SSSR count). The molecule has 0 aromatic heterocycles. The largest absolute Gasteiger partial charge is 0.324 e. The van der Waals surface area contributed by atoms with E-state index in [1.165, 1.54) is 13.8 Å². The second-order valence-electron chi connectivity index (χ2n) is 4.33. The van der Waals surface area contributed by atoms with Gasteiger partial charge in [0.1, 0.15) is 0 Å². The van der Waals surface area contributed by atoms with Crippen molar-refractivity contribution in [3.8, 4) is 6.07 Å². The first kappa shape index (κ1) is 17.0. The van der Waals surface area contributed by atoms with E-state index in [9.17, 15) is 22.9 Å². The fourth-order valence-electron chi connectivity index (χ4n) is 1.76. The van der Waals surface area contributed by atoms with Gasteiger partial charge < -0.3 is 0 Å². The van der Waals surface area contributed by atoms with E-state index in [-0.39, 0.29) is 13.1 Å². The lowest BCUT2D eigenvalue weighted by molar-refractivity contribution is -0.390. The van der Waals surface area contributed by atoms with E-state index in [1.54, 1.807) is 0 Å². The van der Waals surface area contributed by atoms with Crippen molar-refractivity contribution in [2.24, 2.45) is 5.92 Å². The SMILES string of the molecule is CCN(CC(C)C#N)S(=O)(=O)c1cccc(F)c1[N+](=O)[O-]. The molecule has 7 nitrogen and oxygen atoms in total. The van der Waals surface area contributed by atoms with Crippen molar-refractivity contribution in [2.75, 3.05) is 13.1 Å². The number of nitriles is 1. The van der Waals surface area contributed by atoms with Gasteiger partial charge >= 0.3 is 5.69 Å². The van der Waals surface area contributed by atoms with Crippen molar-refractivity contribution in [3.05, 3.63) is 34.1 Å². The van der Waals surface area contributed by atoms with E-state index in [4.69, 9.17) is 5.26 Å². The molecular weight excluding hydrogens is 301 g/mol. The molecule has 1 aromatic rings. The van der Waals surface area contributed by atoms with Gasteiger partial charge in [-0.1, -0.05) is 13.0 Å².